The molecule has 0 aliphatic carbocycles. The standard InChI is InChI=1S/C18H26N6O2/c1-23(2)13-18(7-9-26-10-8-18)12-19-17(25)11-15-3-5-16(6-4-15)24-14-20-21-22-24/h3-6,14H,7-13H2,1-2H3,(H,19,25). The fourth-order valence-corrected chi connectivity index (χ4v) is 3.45. The lowest BCUT2D eigenvalue weighted by Gasteiger charge is -2.39. The van der Waals surface area contributed by atoms with E-state index in [2.05, 4.69) is 39.8 Å². The molecule has 1 aliphatic heterocycles. The maximum atomic E-state index is 12.4. The summed E-state index contributed by atoms with van der Waals surface area (Å²) in [5.74, 6) is 0.0461. The van der Waals surface area contributed by atoms with Gasteiger partial charge in [0.1, 0.15) is 6.33 Å². The van der Waals surface area contributed by atoms with E-state index < -0.39 is 0 Å². The van der Waals surface area contributed by atoms with Gasteiger partial charge in [-0.05, 0) is 55.1 Å². The monoisotopic (exact) mass is 358 g/mol. The first-order chi connectivity index (χ1) is 12.6. The smallest absolute Gasteiger partial charge is 0.224 e. The maximum Gasteiger partial charge on any atom is 0.224 e. The van der Waals surface area contributed by atoms with Crippen LogP contribution in [0.2, 0.25) is 0 Å². The van der Waals surface area contributed by atoms with Crippen molar-refractivity contribution >= 4 is 5.91 Å². The van der Waals surface area contributed by atoms with Crippen molar-refractivity contribution in [2.45, 2.75) is 19.3 Å². The second kappa shape index (κ2) is 8.37. The molecule has 1 aliphatic rings. The molecule has 0 bridgehead atoms. The molecule has 0 atom stereocenters. The normalized spacial score (nSPS) is 16.6. The van der Waals surface area contributed by atoms with Crippen LogP contribution in [-0.2, 0) is 16.0 Å². The number of aromatic nitrogens is 4. The van der Waals surface area contributed by atoms with Crippen molar-refractivity contribution in [1.82, 2.24) is 30.4 Å². The zero-order valence-electron chi connectivity index (χ0n) is 15.4. The fraction of sp³-hybridized carbons (Fsp3) is 0.556. The molecule has 1 fully saturated rings. The number of hydrogen-bond donors (Lipinski definition) is 1. The fourth-order valence-electron chi connectivity index (χ4n) is 3.45. The molecule has 1 aromatic heterocycles. The summed E-state index contributed by atoms with van der Waals surface area (Å²) in [6, 6.07) is 7.68. The van der Waals surface area contributed by atoms with E-state index in [0.29, 0.717) is 13.0 Å². The minimum absolute atomic E-state index is 0.0461. The minimum Gasteiger partial charge on any atom is -0.381 e. The van der Waals surface area contributed by atoms with Crippen LogP contribution in [0.1, 0.15) is 18.4 Å². The molecule has 0 unspecified atom stereocenters. The number of hydrogen-bond acceptors (Lipinski definition) is 6. The molecule has 140 valence electrons. The Morgan fingerprint density at radius 1 is 1.27 bits per heavy atom. The van der Waals surface area contributed by atoms with Gasteiger partial charge in [0.05, 0.1) is 12.1 Å². The Balaban J connectivity index is 1.54. The van der Waals surface area contributed by atoms with Gasteiger partial charge in [-0.15, -0.1) is 5.10 Å². The van der Waals surface area contributed by atoms with E-state index in [1.54, 1.807) is 11.0 Å². The molecule has 1 saturated heterocycles. The van der Waals surface area contributed by atoms with E-state index >= 15 is 0 Å². The second-order valence-electron chi connectivity index (χ2n) is 7.22. The highest BCUT2D eigenvalue weighted by molar-refractivity contribution is 5.78. The molecule has 1 aromatic carbocycles. The van der Waals surface area contributed by atoms with Crippen LogP contribution in [0, 0.1) is 5.41 Å². The largest absolute Gasteiger partial charge is 0.381 e. The number of nitrogens with zero attached hydrogens (tertiary/aromatic N) is 5. The molecular formula is C18H26N6O2. The van der Waals surface area contributed by atoms with Crippen molar-refractivity contribution in [3.63, 3.8) is 0 Å². The van der Waals surface area contributed by atoms with Gasteiger partial charge in [0, 0.05) is 31.7 Å². The Morgan fingerprint density at radius 2 is 2.00 bits per heavy atom. The van der Waals surface area contributed by atoms with E-state index in [9.17, 15) is 4.79 Å². The van der Waals surface area contributed by atoms with E-state index in [0.717, 1.165) is 43.9 Å². The number of ether oxygens (including phenoxy) is 1. The van der Waals surface area contributed by atoms with Crippen molar-refractivity contribution < 1.29 is 9.53 Å². The first kappa shape index (κ1) is 18.5. The van der Waals surface area contributed by atoms with Crippen LogP contribution in [0.3, 0.4) is 0 Å². The van der Waals surface area contributed by atoms with Crippen LogP contribution in [0.5, 0.6) is 0 Å². The van der Waals surface area contributed by atoms with E-state index in [1.165, 1.54) is 0 Å². The van der Waals surface area contributed by atoms with Crippen LogP contribution < -0.4 is 5.32 Å². The van der Waals surface area contributed by atoms with Gasteiger partial charge in [-0.25, -0.2) is 4.68 Å². The van der Waals surface area contributed by atoms with Gasteiger partial charge in [0.2, 0.25) is 5.91 Å². The lowest BCUT2D eigenvalue weighted by atomic mass is 9.79. The summed E-state index contributed by atoms with van der Waals surface area (Å²) in [5.41, 5.74) is 1.93. The molecule has 2 aromatic rings. The number of tetrazole rings is 1. The summed E-state index contributed by atoms with van der Waals surface area (Å²) < 4.78 is 7.09. The second-order valence-corrected chi connectivity index (χ2v) is 7.22. The molecule has 2 heterocycles. The summed E-state index contributed by atoms with van der Waals surface area (Å²) in [4.78, 5) is 14.6. The van der Waals surface area contributed by atoms with Gasteiger partial charge >= 0.3 is 0 Å². The zero-order valence-corrected chi connectivity index (χ0v) is 15.4. The molecule has 26 heavy (non-hydrogen) atoms. The number of rotatable bonds is 7. The third-order valence-electron chi connectivity index (χ3n) is 4.78. The molecule has 0 radical (unpaired) electrons. The average Bonchev–Trinajstić information content (AvgIpc) is 3.16. The van der Waals surface area contributed by atoms with Crippen molar-refractivity contribution in [1.29, 1.82) is 0 Å². The van der Waals surface area contributed by atoms with Gasteiger partial charge in [0.15, 0.2) is 0 Å². The van der Waals surface area contributed by atoms with Gasteiger partial charge < -0.3 is 15.0 Å². The lowest BCUT2D eigenvalue weighted by molar-refractivity contribution is -0.121. The Hall–Kier alpha value is -2.32. The maximum absolute atomic E-state index is 12.4. The van der Waals surface area contributed by atoms with E-state index in [-0.39, 0.29) is 11.3 Å². The lowest BCUT2D eigenvalue weighted by Crippen LogP contribution is -2.47. The number of carbonyl (C=O) groups is 1. The van der Waals surface area contributed by atoms with Crippen LogP contribution in [-0.4, -0.2) is 71.4 Å². The Morgan fingerprint density at radius 3 is 2.62 bits per heavy atom. The molecular weight excluding hydrogens is 332 g/mol. The summed E-state index contributed by atoms with van der Waals surface area (Å²) in [6.07, 6.45) is 3.86. The van der Waals surface area contributed by atoms with Crippen molar-refractivity contribution in [3.8, 4) is 5.69 Å². The van der Waals surface area contributed by atoms with Gasteiger partial charge in [-0.1, -0.05) is 12.1 Å². The zero-order chi connectivity index (χ0) is 18.4. The molecule has 8 heteroatoms. The predicted octanol–water partition coefficient (Wildman–Crippen LogP) is 0.679. The summed E-state index contributed by atoms with van der Waals surface area (Å²) in [7, 11) is 4.15. The number of carbonyl (C=O) groups excluding carboxylic acids is 1. The third-order valence-corrected chi connectivity index (χ3v) is 4.78. The number of benzene rings is 1. The quantitative estimate of drug-likeness (QED) is 0.783. The SMILES string of the molecule is CN(C)CC1(CNC(=O)Cc2ccc(-n3cnnn3)cc2)CCOCC1. The van der Waals surface area contributed by atoms with Gasteiger partial charge in [-0.2, -0.15) is 0 Å². The van der Waals surface area contributed by atoms with Crippen LogP contribution in [0.25, 0.3) is 5.69 Å². The van der Waals surface area contributed by atoms with Crippen LogP contribution in [0.4, 0.5) is 0 Å². The van der Waals surface area contributed by atoms with Gasteiger partial charge in [-0.3, -0.25) is 4.79 Å². The minimum atomic E-state index is 0.0461. The topological polar surface area (TPSA) is 85.2 Å². The highest BCUT2D eigenvalue weighted by Crippen LogP contribution is 2.30. The average molecular weight is 358 g/mol. The first-order valence-electron chi connectivity index (χ1n) is 8.88. The Kier molecular flexibility index (Phi) is 5.95. The third kappa shape index (κ3) is 4.86. The first-order valence-corrected chi connectivity index (χ1v) is 8.88. The molecule has 8 nitrogen and oxygen atoms in total. The molecule has 3 rings (SSSR count). The highest BCUT2D eigenvalue weighted by atomic mass is 16.5. The Bertz CT molecular complexity index is 693. The van der Waals surface area contributed by atoms with E-state index in [4.69, 9.17) is 4.74 Å². The van der Waals surface area contributed by atoms with E-state index in [1.807, 2.05) is 24.3 Å². The van der Waals surface area contributed by atoms with Crippen molar-refractivity contribution in [2.24, 2.45) is 5.41 Å². The molecule has 1 amide bonds. The molecule has 0 spiro atoms. The van der Waals surface area contributed by atoms with Crippen molar-refractivity contribution in [2.75, 3.05) is 40.4 Å². The van der Waals surface area contributed by atoms with Gasteiger partial charge in [0.25, 0.3) is 0 Å². The molecule has 0 saturated carbocycles. The highest BCUT2D eigenvalue weighted by Gasteiger charge is 2.33. The summed E-state index contributed by atoms with van der Waals surface area (Å²) in [6.45, 7) is 3.18. The van der Waals surface area contributed by atoms with Crippen molar-refractivity contribution in [3.05, 3.63) is 36.2 Å². The summed E-state index contributed by atoms with van der Waals surface area (Å²) in [5, 5.41) is 14.2. The number of nitrogens with one attached hydrogen (secondary N) is 1. The summed E-state index contributed by atoms with van der Waals surface area (Å²) >= 11 is 0. The number of amides is 1. The Labute approximate surface area is 153 Å². The van der Waals surface area contributed by atoms with Crippen LogP contribution in [0.15, 0.2) is 30.6 Å². The van der Waals surface area contributed by atoms with Crippen LogP contribution >= 0.6 is 0 Å². The predicted molar refractivity (Wildman–Crippen MR) is 96.9 cm³/mol. The molecule has 1 N–H and O–H groups in total.